The van der Waals surface area contributed by atoms with Crippen molar-refractivity contribution < 1.29 is 25.8 Å². The van der Waals surface area contributed by atoms with Crippen molar-refractivity contribution in [2.45, 2.75) is 159 Å². The molecule has 5 nitrogen and oxygen atoms in total. The molecule has 0 aliphatic carbocycles. The van der Waals surface area contributed by atoms with Gasteiger partial charge < -0.3 is 19.1 Å². The summed E-state index contributed by atoms with van der Waals surface area (Å²) in [5, 5.41) is 2.24. The molecule has 0 amide bonds. The summed E-state index contributed by atoms with van der Waals surface area (Å²) in [6.07, 6.45) is 1.93. The summed E-state index contributed by atoms with van der Waals surface area (Å²) in [6.45, 7) is 46.2. The van der Waals surface area contributed by atoms with Crippen LogP contribution in [-0.4, -0.2) is 9.55 Å². The maximum Gasteiger partial charge on any atom is 0.135 e. The van der Waals surface area contributed by atoms with E-state index in [2.05, 4.69) is 298 Å². The number of hydrogen-bond donors (Lipinski definition) is 0. The van der Waals surface area contributed by atoms with Gasteiger partial charge in [-0.2, -0.15) is 6.07 Å². The Balaban J connectivity index is 0.00000765. The molecule has 0 atom stereocenters. The fraction of sp³-hybridized carbons (Fsp3) is 0.371. The number of rotatable bonds is 9. The zero-order chi connectivity index (χ0) is 54.4. The number of ether oxygens (including phenoxy) is 1. The molecule has 6 aromatic carbocycles. The number of hydrogen-bond acceptors (Lipinski definition) is 4. The van der Waals surface area contributed by atoms with E-state index in [1.54, 1.807) is 0 Å². The van der Waals surface area contributed by atoms with Gasteiger partial charge in [-0.05, 0) is 85.3 Å². The summed E-state index contributed by atoms with van der Waals surface area (Å²) >= 11 is 0. The predicted octanol–water partition coefficient (Wildman–Crippen LogP) is 18.9. The standard InChI is InChI=1S/C70H81N4O.Pt/c1-64(2,3)48-34-35-71-61(42-48)74-59-33-30-49(69(16,17)46-26-22-20-23-27-46)41-58(59)57-32-31-55(44-60(57)74)75-56-40-51(66(7,8)9)38-54(43-56)73-45-72(62(67(10,11)12)63(73)68(13,14)15)53-37-50(65(4,5)6)36-52(39-53)70(18,19)47-28-24-21-25-29-47;/h20-42,45H,1-19H3;/q-3;. The van der Waals surface area contributed by atoms with Crippen molar-refractivity contribution in [3.05, 3.63) is 209 Å². The van der Waals surface area contributed by atoms with Crippen molar-refractivity contribution in [1.82, 2.24) is 9.55 Å². The third-order valence-electron chi connectivity index (χ3n) is 15.5. The molecule has 0 spiro atoms. The van der Waals surface area contributed by atoms with Crippen molar-refractivity contribution in [3.63, 3.8) is 0 Å². The molecule has 0 saturated carbocycles. The Kier molecular flexibility index (Phi) is 14.7. The Morgan fingerprint density at radius 1 is 0.421 bits per heavy atom. The second kappa shape index (κ2) is 19.8. The van der Waals surface area contributed by atoms with Gasteiger partial charge in [0.25, 0.3) is 0 Å². The summed E-state index contributed by atoms with van der Waals surface area (Å²) in [6, 6.07) is 56.6. The molecule has 1 aliphatic heterocycles. The molecule has 0 N–H and O–H groups in total. The molecule has 0 radical (unpaired) electrons. The number of pyridine rings is 1. The largest absolute Gasteiger partial charge is 0.509 e. The number of fused-ring (bicyclic) bond motifs is 3. The van der Waals surface area contributed by atoms with Crippen LogP contribution in [0.5, 0.6) is 11.5 Å². The van der Waals surface area contributed by atoms with Crippen LogP contribution in [0.3, 0.4) is 0 Å². The second-order valence-electron chi connectivity index (χ2n) is 27.3. The molecule has 400 valence electrons. The molecule has 2 aromatic heterocycles. The Morgan fingerprint density at radius 2 is 0.961 bits per heavy atom. The molecular weight excluding hydrogens is 1110 g/mol. The first-order chi connectivity index (χ1) is 34.8. The van der Waals surface area contributed by atoms with Crippen LogP contribution in [0.2, 0.25) is 0 Å². The number of aromatic nitrogens is 2. The summed E-state index contributed by atoms with van der Waals surface area (Å²) in [7, 11) is 0. The first-order valence-electron chi connectivity index (χ1n) is 27.0. The van der Waals surface area contributed by atoms with E-state index in [1.807, 2.05) is 6.20 Å². The van der Waals surface area contributed by atoms with Gasteiger partial charge in [-0.3, -0.25) is 0 Å². The molecule has 9 rings (SSSR count). The average Bonchev–Trinajstić information content (AvgIpc) is 3.92. The number of nitrogens with zero attached hydrogens (tertiary/aromatic N) is 4. The fourth-order valence-corrected chi connectivity index (χ4v) is 10.7. The minimum atomic E-state index is -0.255. The maximum atomic E-state index is 7.08. The van der Waals surface area contributed by atoms with Gasteiger partial charge in [0.2, 0.25) is 0 Å². The Bertz CT molecular complexity index is 3450. The first kappa shape index (κ1) is 56.3. The SMILES string of the molecule is CC(C)(C)C1=C(C(C)(C)C)N(c2cc(C(C)(C)C)cc(C(C)(C)c3ccccc3)c2)[CH-]N1c1[c-]c(Oc2[c-]c3c(cc2)c2cc(C(C)(C)c4ccccc4)ccc2n3-c2cc(C(C)(C)C)ccn2)cc(C(C)(C)C)c1.[Pt]. The number of allylic oxidation sites excluding steroid dienone is 2. The van der Waals surface area contributed by atoms with E-state index >= 15 is 0 Å². The summed E-state index contributed by atoms with van der Waals surface area (Å²) < 4.78 is 9.34. The summed E-state index contributed by atoms with van der Waals surface area (Å²) in [5.74, 6) is 2.09. The van der Waals surface area contributed by atoms with Gasteiger partial charge in [0, 0.05) is 83.0 Å². The quantitative estimate of drug-likeness (QED) is 0.135. The fourth-order valence-electron chi connectivity index (χ4n) is 10.7. The van der Waals surface area contributed by atoms with Gasteiger partial charge in [0.05, 0.1) is 0 Å². The smallest absolute Gasteiger partial charge is 0.135 e. The Labute approximate surface area is 471 Å². The minimum absolute atomic E-state index is 0. The topological polar surface area (TPSA) is 33.5 Å². The van der Waals surface area contributed by atoms with Crippen LogP contribution in [0.15, 0.2) is 151 Å². The van der Waals surface area contributed by atoms with E-state index in [1.165, 1.54) is 44.8 Å². The third-order valence-corrected chi connectivity index (χ3v) is 15.5. The van der Waals surface area contributed by atoms with E-state index in [0.717, 1.165) is 44.6 Å². The van der Waals surface area contributed by atoms with Gasteiger partial charge >= 0.3 is 0 Å². The van der Waals surface area contributed by atoms with Gasteiger partial charge in [-0.25, -0.2) is 4.98 Å². The minimum Gasteiger partial charge on any atom is -0.509 e. The molecule has 3 heterocycles. The van der Waals surface area contributed by atoms with E-state index in [-0.39, 0.29) is 59.0 Å². The molecule has 1 aliphatic rings. The molecule has 0 saturated heterocycles. The molecular formula is C70H81N4OPt-3. The van der Waals surface area contributed by atoms with Gasteiger partial charge in [0.1, 0.15) is 5.82 Å². The molecule has 6 heteroatoms. The van der Waals surface area contributed by atoms with E-state index < -0.39 is 0 Å². The van der Waals surface area contributed by atoms with Gasteiger partial charge in [-0.1, -0.05) is 216 Å². The van der Waals surface area contributed by atoms with Gasteiger partial charge in [-0.15, -0.1) is 53.6 Å². The first-order valence-corrected chi connectivity index (χ1v) is 27.0. The average molecular weight is 1190 g/mol. The Morgan fingerprint density at radius 3 is 1.53 bits per heavy atom. The summed E-state index contributed by atoms with van der Waals surface area (Å²) in [5.41, 5.74) is 14.0. The van der Waals surface area contributed by atoms with E-state index in [9.17, 15) is 0 Å². The van der Waals surface area contributed by atoms with Crippen molar-refractivity contribution in [2.24, 2.45) is 10.8 Å². The van der Waals surface area contributed by atoms with Crippen LogP contribution in [0.4, 0.5) is 11.4 Å². The van der Waals surface area contributed by atoms with Crippen molar-refractivity contribution in [1.29, 1.82) is 0 Å². The van der Waals surface area contributed by atoms with Crippen LogP contribution >= 0.6 is 0 Å². The zero-order valence-corrected chi connectivity index (χ0v) is 51.1. The van der Waals surface area contributed by atoms with Crippen molar-refractivity contribution in [3.8, 4) is 17.3 Å². The second-order valence-corrected chi connectivity index (χ2v) is 27.3. The predicted molar refractivity (Wildman–Crippen MR) is 318 cm³/mol. The van der Waals surface area contributed by atoms with Crippen LogP contribution in [0, 0.1) is 29.6 Å². The third kappa shape index (κ3) is 10.9. The molecule has 76 heavy (non-hydrogen) atoms. The van der Waals surface area contributed by atoms with Crippen LogP contribution in [0.1, 0.15) is 170 Å². The summed E-state index contributed by atoms with van der Waals surface area (Å²) in [4.78, 5) is 9.88. The molecule has 0 bridgehead atoms. The molecule has 0 fully saturated rings. The van der Waals surface area contributed by atoms with Gasteiger partial charge in [0.15, 0.2) is 0 Å². The molecule has 8 aromatic rings. The molecule has 0 unspecified atom stereocenters. The maximum absolute atomic E-state index is 7.08. The number of anilines is 2. The van der Waals surface area contributed by atoms with Crippen molar-refractivity contribution >= 4 is 33.2 Å². The van der Waals surface area contributed by atoms with Crippen molar-refractivity contribution in [2.75, 3.05) is 9.80 Å². The van der Waals surface area contributed by atoms with Crippen LogP contribution in [-0.2, 0) is 48.1 Å². The van der Waals surface area contributed by atoms with Crippen LogP contribution in [0.25, 0.3) is 27.6 Å². The Hall–Kier alpha value is -5.90. The normalized spacial score (nSPS) is 14.2. The zero-order valence-electron chi connectivity index (χ0n) is 48.9. The monoisotopic (exact) mass is 1190 g/mol. The number of benzene rings is 6. The van der Waals surface area contributed by atoms with E-state index in [4.69, 9.17) is 9.72 Å². The van der Waals surface area contributed by atoms with E-state index in [0.29, 0.717) is 11.5 Å². The van der Waals surface area contributed by atoms with Crippen LogP contribution < -0.4 is 14.5 Å².